The molecule has 0 bridgehead atoms. The summed E-state index contributed by atoms with van der Waals surface area (Å²) in [6.45, 7) is 3.22. The molecule has 1 aromatic rings. The summed E-state index contributed by atoms with van der Waals surface area (Å²) in [6, 6.07) is 9.76. The van der Waals surface area contributed by atoms with Crippen LogP contribution >= 0.6 is 0 Å². The van der Waals surface area contributed by atoms with Crippen molar-refractivity contribution in [3.63, 3.8) is 0 Å². The first-order valence-electron chi connectivity index (χ1n) is 11.8. The fourth-order valence-corrected chi connectivity index (χ4v) is 4.88. The molecule has 9 nitrogen and oxygen atoms in total. The van der Waals surface area contributed by atoms with Gasteiger partial charge in [0, 0.05) is 39.3 Å². The van der Waals surface area contributed by atoms with Gasteiger partial charge in [-0.3, -0.25) is 24.2 Å². The number of hydrogen-bond donors (Lipinski definition) is 1. The molecule has 3 fully saturated rings. The summed E-state index contributed by atoms with van der Waals surface area (Å²) in [6.07, 6.45) is 4.05. The minimum absolute atomic E-state index is 0.0302. The number of urea groups is 1. The Morgan fingerprint density at radius 1 is 0.970 bits per heavy atom. The van der Waals surface area contributed by atoms with Crippen molar-refractivity contribution in [2.45, 2.75) is 50.6 Å². The monoisotopic (exact) mass is 456 g/mol. The van der Waals surface area contributed by atoms with E-state index in [-0.39, 0.29) is 31.4 Å². The minimum Gasteiger partial charge on any atom is -0.456 e. The van der Waals surface area contributed by atoms with Crippen LogP contribution in [0.3, 0.4) is 0 Å². The van der Waals surface area contributed by atoms with Gasteiger partial charge in [-0.1, -0.05) is 49.6 Å². The van der Waals surface area contributed by atoms with Crippen molar-refractivity contribution in [2.24, 2.45) is 0 Å². The molecule has 4 amide bonds. The summed E-state index contributed by atoms with van der Waals surface area (Å²) in [5, 5.41) is 2.83. The lowest BCUT2D eigenvalue weighted by molar-refractivity contribution is -0.153. The first-order chi connectivity index (χ1) is 16.0. The topological polar surface area (TPSA) is 99.3 Å². The molecule has 2 saturated heterocycles. The Kier molecular flexibility index (Phi) is 7.27. The zero-order valence-corrected chi connectivity index (χ0v) is 19.0. The molecule has 1 N–H and O–H groups in total. The van der Waals surface area contributed by atoms with E-state index in [2.05, 4.69) is 22.3 Å². The third-order valence-corrected chi connectivity index (χ3v) is 6.82. The van der Waals surface area contributed by atoms with Gasteiger partial charge in [-0.05, 0) is 18.4 Å². The summed E-state index contributed by atoms with van der Waals surface area (Å²) in [5.74, 6) is -1.06. The van der Waals surface area contributed by atoms with Gasteiger partial charge in [0.05, 0.1) is 6.42 Å². The molecule has 2 aliphatic heterocycles. The second-order valence-corrected chi connectivity index (χ2v) is 9.08. The van der Waals surface area contributed by atoms with Crippen LogP contribution in [0.25, 0.3) is 0 Å². The first kappa shape index (κ1) is 23.2. The van der Waals surface area contributed by atoms with Crippen LogP contribution in [-0.2, 0) is 25.7 Å². The molecule has 0 radical (unpaired) electrons. The van der Waals surface area contributed by atoms with Crippen LogP contribution in [0.2, 0.25) is 0 Å². The zero-order chi connectivity index (χ0) is 23.3. The average Bonchev–Trinajstić information content (AvgIpc) is 3.06. The average molecular weight is 457 g/mol. The summed E-state index contributed by atoms with van der Waals surface area (Å²) in [7, 11) is 0. The number of esters is 1. The number of carbonyl (C=O) groups is 4. The van der Waals surface area contributed by atoms with Gasteiger partial charge in [0.2, 0.25) is 0 Å². The Hall–Kier alpha value is -2.94. The van der Waals surface area contributed by atoms with Gasteiger partial charge < -0.3 is 15.0 Å². The molecule has 9 heteroatoms. The highest BCUT2D eigenvalue weighted by Gasteiger charge is 2.51. The van der Waals surface area contributed by atoms with E-state index >= 15 is 0 Å². The summed E-state index contributed by atoms with van der Waals surface area (Å²) in [5.41, 5.74) is 0.448. The number of amides is 4. The molecular formula is C24H32N4O5. The van der Waals surface area contributed by atoms with Crippen LogP contribution in [0.15, 0.2) is 30.3 Å². The van der Waals surface area contributed by atoms with Crippen molar-refractivity contribution >= 4 is 23.8 Å². The SMILES string of the molecule is O=C(CCN1C(=O)NC2(CCCCC2)C1=O)OCC(=O)N1CCN(Cc2ccccc2)CC1. The number of ether oxygens (including phenoxy) is 1. The standard InChI is InChI=1S/C24H32N4O5/c29-20(27-15-13-26(14-16-27)17-19-7-3-1-4-8-19)18-33-21(30)9-12-28-22(31)24(25-23(28)32)10-5-2-6-11-24/h1,3-4,7-8H,2,5-6,9-18H2,(H,25,32). The largest absolute Gasteiger partial charge is 0.456 e. The molecule has 178 valence electrons. The lowest BCUT2D eigenvalue weighted by atomic mass is 9.82. The second kappa shape index (κ2) is 10.3. The van der Waals surface area contributed by atoms with Crippen molar-refractivity contribution in [3.05, 3.63) is 35.9 Å². The van der Waals surface area contributed by atoms with E-state index in [4.69, 9.17) is 4.74 Å². The van der Waals surface area contributed by atoms with Crippen molar-refractivity contribution < 1.29 is 23.9 Å². The smallest absolute Gasteiger partial charge is 0.325 e. The number of piperazine rings is 1. The summed E-state index contributed by atoms with van der Waals surface area (Å²) >= 11 is 0. The van der Waals surface area contributed by atoms with E-state index in [0.29, 0.717) is 25.9 Å². The number of rotatable bonds is 7. The van der Waals surface area contributed by atoms with Gasteiger partial charge in [0.1, 0.15) is 5.54 Å². The van der Waals surface area contributed by atoms with Crippen LogP contribution in [0.1, 0.15) is 44.1 Å². The van der Waals surface area contributed by atoms with Gasteiger partial charge >= 0.3 is 12.0 Å². The number of benzene rings is 1. The molecule has 4 rings (SSSR count). The highest BCUT2D eigenvalue weighted by Crippen LogP contribution is 2.33. The van der Waals surface area contributed by atoms with Gasteiger partial charge in [0.25, 0.3) is 11.8 Å². The van der Waals surface area contributed by atoms with Crippen LogP contribution in [0.4, 0.5) is 4.79 Å². The van der Waals surface area contributed by atoms with E-state index < -0.39 is 17.5 Å². The van der Waals surface area contributed by atoms with Crippen LogP contribution in [0.5, 0.6) is 0 Å². The number of imide groups is 1. The maximum Gasteiger partial charge on any atom is 0.325 e. The molecule has 1 aromatic carbocycles. The molecule has 3 aliphatic rings. The Morgan fingerprint density at radius 3 is 2.36 bits per heavy atom. The summed E-state index contributed by atoms with van der Waals surface area (Å²) in [4.78, 5) is 54.7. The predicted octanol–water partition coefficient (Wildman–Crippen LogP) is 1.52. The zero-order valence-electron chi connectivity index (χ0n) is 19.0. The molecular weight excluding hydrogens is 424 g/mol. The number of hydrogen-bond acceptors (Lipinski definition) is 6. The lowest BCUT2D eigenvalue weighted by Crippen LogP contribution is -2.49. The lowest BCUT2D eigenvalue weighted by Gasteiger charge is -2.34. The van der Waals surface area contributed by atoms with Crippen LogP contribution < -0.4 is 5.32 Å². The van der Waals surface area contributed by atoms with Gasteiger partial charge in [-0.25, -0.2) is 4.79 Å². The predicted molar refractivity (Wildman–Crippen MR) is 120 cm³/mol. The molecule has 1 saturated carbocycles. The fourth-order valence-electron chi connectivity index (χ4n) is 4.88. The molecule has 0 aromatic heterocycles. The van der Waals surface area contributed by atoms with Crippen LogP contribution in [-0.4, -0.2) is 83.4 Å². The highest BCUT2D eigenvalue weighted by atomic mass is 16.5. The highest BCUT2D eigenvalue weighted by molar-refractivity contribution is 6.07. The second-order valence-electron chi connectivity index (χ2n) is 9.08. The Morgan fingerprint density at radius 2 is 1.67 bits per heavy atom. The van der Waals surface area contributed by atoms with Crippen molar-refractivity contribution in [1.82, 2.24) is 20.0 Å². The van der Waals surface area contributed by atoms with E-state index in [0.717, 1.165) is 43.8 Å². The van der Waals surface area contributed by atoms with Crippen molar-refractivity contribution in [1.29, 1.82) is 0 Å². The summed E-state index contributed by atoms with van der Waals surface area (Å²) < 4.78 is 5.13. The van der Waals surface area contributed by atoms with Crippen molar-refractivity contribution in [2.75, 3.05) is 39.3 Å². The molecule has 1 spiro atoms. The van der Waals surface area contributed by atoms with Crippen LogP contribution in [0, 0.1) is 0 Å². The number of nitrogens with one attached hydrogen (secondary N) is 1. The molecule has 1 aliphatic carbocycles. The third-order valence-electron chi connectivity index (χ3n) is 6.82. The van der Waals surface area contributed by atoms with E-state index in [9.17, 15) is 19.2 Å². The minimum atomic E-state index is -0.794. The Bertz CT molecular complexity index is 876. The first-order valence-corrected chi connectivity index (χ1v) is 11.8. The normalized spacial score (nSPS) is 20.7. The number of carbonyl (C=O) groups excluding carboxylic acids is 4. The van der Waals surface area contributed by atoms with Gasteiger partial charge in [-0.2, -0.15) is 0 Å². The number of nitrogens with zero attached hydrogens (tertiary/aromatic N) is 3. The Balaban J connectivity index is 1.16. The van der Waals surface area contributed by atoms with E-state index in [1.165, 1.54) is 5.56 Å². The van der Waals surface area contributed by atoms with Crippen molar-refractivity contribution in [3.8, 4) is 0 Å². The van der Waals surface area contributed by atoms with E-state index in [1.54, 1.807) is 4.90 Å². The van der Waals surface area contributed by atoms with E-state index in [1.807, 2.05) is 18.2 Å². The van der Waals surface area contributed by atoms with Gasteiger partial charge in [0.15, 0.2) is 6.61 Å². The fraction of sp³-hybridized carbons (Fsp3) is 0.583. The molecule has 33 heavy (non-hydrogen) atoms. The quantitative estimate of drug-likeness (QED) is 0.493. The molecule has 0 atom stereocenters. The van der Waals surface area contributed by atoms with Gasteiger partial charge in [-0.15, -0.1) is 0 Å². The maximum absolute atomic E-state index is 12.7. The maximum atomic E-state index is 12.7. The molecule has 2 heterocycles. The third kappa shape index (κ3) is 5.52. The Labute approximate surface area is 194 Å². The molecule has 0 unspecified atom stereocenters.